The zero-order valence-corrected chi connectivity index (χ0v) is 19.1. The summed E-state index contributed by atoms with van der Waals surface area (Å²) >= 11 is 0. The summed E-state index contributed by atoms with van der Waals surface area (Å²) in [5, 5.41) is 16.7. The number of halogens is 1. The van der Waals surface area contributed by atoms with Gasteiger partial charge in [-0.1, -0.05) is 0 Å². The number of unbranched alkanes of at least 4 members (excludes halogenated alkanes) is 2. The number of nitrogens with zero attached hydrogens (tertiary/aromatic N) is 4. The number of hydrogen-bond acceptors (Lipinski definition) is 9. The van der Waals surface area contributed by atoms with Crippen LogP contribution >= 0.6 is 0 Å². The van der Waals surface area contributed by atoms with Crippen LogP contribution in [-0.4, -0.2) is 57.3 Å². The van der Waals surface area contributed by atoms with E-state index in [2.05, 4.69) is 30.9 Å². The van der Waals surface area contributed by atoms with E-state index in [-0.39, 0.29) is 17.4 Å². The van der Waals surface area contributed by atoms with Gasteiger partial charge in [-0.2, -0.15) is 14.4 Å². The van der Waals surface area contributed by atoms with E-state index in [0.29, 0.717) is 24.3 Å². The molecule has 0 saturated carbocycles. The Bertz CT molecular complexity index is 968. The van der Waals surface area contributed by atoms with Crippen molar-refractivity contribution in [3.8, 4) is 0 Å². The maximum absolute atomic E-state index is 13.8. The topological polar surface area (TPSA) is 139 Å². The first-order valence-electron chi connectivity index (χ1n) is 10.3. The third-order valence-corrected chi connectivity index (χ3v) is 4.15. The molecule has 0 aliphatic carbocycles. The molecule has 12 heteroatoms. The van der Waals surface area contributed by atoms with Crippen molar-refractivity contribution in [3.05, 3.63) is 24.3 Å². The molecule has 0 saturated heterocycles. The molecule has 0 unspecified atom stereocenters. The van der Waals surface area contributed by atoms with E-state index in [1.807, 2.05) is 20.8 Å². The minimum Gasteiger partial charge on any atom is -0.480 e. The molecule has 0 bridgehead atoms. The van der Waals surface area contributed by atoms with Gasteiger partial charge in [-0.3, -0.25) is 5.41 Å². The summed E-state index contributed by atoms with van der Waals surface area (Å²) in [5.41, 5.74) is 0.462. The Hall–Kier alpha value is -3.44. The molecule has 1 amide bonds. The highest BCUT2D eigenvalue weighted by Gasteiger charge is 2.16. The normalized spacial score (nSPS) is 11.9. The molecule has 2 aromatic heterocycles. The van der Waals surface area contributed by atoms with E-state index in [9.17, 15) is 9.18 Å². The largest absolute Gasteiger partial charge is 0.480 e. The summed E-state index contributed by atoms with van der Waals surface area (Å²) in [5.74, 6) is -0.0154. The smallest absolute Gasteiger partial charge is 0.407 e. The van der Waals surface area contributed by atoms with Gasteiger partial charge in [0.2, 0.25) is 5.90 Å². The van der Waals surface area contributed by atoms with Crippen molar-refractivity contribution in [2.45, 2.75) is 45.6 Å². The SMILES string of the molecule is COC(=N)/C(=C\NCCCCCNC(=O)OC(C)(C)C)Nc1nc(F)nc2c1ncn2C. The molecule has 4 N–H and O–H groups in total. The highest BCUT2D eigenvalue weighted by atomic mass is 19.1. The van der Waals surface area contributed by atoms with Gasteiger partial charge in [-0.05, 0) is 40.0 Å². The lowest BCUT2D eigenvalue weighted by molar-refractivity contribution is 0.0527. The van der Waals surface area contributed by atoms with Crippen LogP contribution in [-0.2, 0) is 16.5 Å². The summed E-state index contributed by atoms with van der Waals surface area (Å²) in [6, 6.07) is 0. The van der Waals surface area contributed by atoms with Crippen molar-refractivity contribution >= 4 is 29.0 Å². The van der Waals surface area contributed by atoms with Gasteiger partial charge in [0.25, 0.3) is 0 Å². The number of ether oxygens (including phenoxy) is 2. The van der Waals surface area contributed by atoms with Crippen LogP contribution in [0.4, 0.5) is 15.0 Å². The highest BCUT2D eigenvalue weighted by Crippen LogP contribution is 2.19. The van der Waals surface area contributed by atoms with Crippen LogP contribution in [0.5, 0.6) is 0 Å². The molecule has 2 aromatic rings. The second-order valence-electron chi connectivity index (χ2n) is 8.03. The van der Waals surface area contributed by atoms with E-state index in [4.69, 9.17) is 14.9 Å². The lowest BCUT2D eigenvalue weighted by Crippen LogP contribution is -2.33. The predicted octanol–water partition coefficient (Wildman–Crippen LogP) is 2.66. The number of carbonyl (C=O) groups is 1. The number of imidazole rings is 1. The number of rotatable bonds is 10. The number of aryl methyl sites for hydroxylation is 1. The Labute approximate surface area is 186 Å². The number of fused-ring (bicyclic) bond motifs is 1. The van der Waals surface area contributed by atoms with Crippen molar-refractivity contribution in [1.82, 2.24) is 30.2 Å². The second-order valence-corrected chi connectivity index (χ2v) is 8.03. The average Bonchev–Trinajstić information content (AvgIpc) is 3.07. The zero-order chi connectivity index (χ0) is 23.7. The van der Waals surface area contributed by atoms with Gasteiger partial charge in [-0.25, -0.2) is 9.78 Å². The van der Waals surface area contributed by atoms with Crippen LogP contribution in [0.1, 0.15) is 40.0 Å². The maximum Gasteiger partial charge on any atom is 0.407 e. The third kappa shape index (κ3) is 7.67. The van der Waals surface area contributed by atoms with Gasteiger partial charge >= 0.3 is 12.2 Å². The lowest BCUT2D eigenvalue weighted by Gasteiger charge is -2.19. The molecular weight excluding hydrogens is 419 g/mol. The van der Waals surface area contributed by atoms with Crippen LogP contribution in [0.2, 0.25) is 0 Å². The van der Waals surface area contributed by atoms with Crippen molar-refractivity contribution < 1.29 is 18.7 Å². The molecule has 0 aromatic carbocycles. The van der Waals surface area contributed by atoms with Gasteiger partial charge in [0.05, 0.1) is 13.4 Å². The fraction of sp³-hybridized carbons (Fsp3) is 0.550. The number of amides is 1. The van der Waals surface area contributed by atoms with Crippen LogP contribution in [0.25, 0.3) is 11.2 Å². The van der Waals surface area contributed by atoms with Crippen LogP contribution < -0.4 is 16.0 Å². The minimum absolute atomic E-state index is 0.135. The van der Waals surface area contributed by atoms with Gasteiger partial charge in [0.1, 0.15) is 11.3 Å². The van der Waals surface area contributed by atoms with Gasteiger partial charge in [-0.15, -0.1) is 0 Å². The summed E-state index contributed by atoms with van der Waals surface area (Å²) in [6.07, 6.45) is 4.28. The Morgan fingerprint density at radius 2 is 1.97 bits per heavy atom. The van der Waals surface area contributed by atoms with Crippen molar-refractivity contribution in [1.29, 1.82) is 5.41 Å². The first kappa shape index (κ1) is 24.8. The predicted molar refractivity (Wildman–Crippen MR) is 119 cm³/mol. The molecule has 0 fully saturated rings. The van der Waals surface area contributed by atoms with E-state index in [1.165, 1.54) is 13.4 Å². The summed E-state index contributed by atoms with van der Waals surface area (Å²) in [6.45, 7) is 6.62. The third-order valence-electron chi connectivity index (χ3n) is 4.15. The van der Waals surface area contributed by atoms with Crippen LogP contribution in [0.15, 0.2) is 18.2 Å². The molecule has 2 rings (SSSR count). The Kier molecular flexibility index (Phi) is 8.73. The van der Waals surface area contributed by atoms with E-state index >= 15 is 0 Å². The molecule has 0 atom stereocenters. The van der Waals surface area contributed by atoms with E-state index in [0.717, 1.165) is 19.3 Å². The lowest BCUT2D eigenvalue weighted by atomic mass is 10.2. The number of aromatic nitrogens is 4. The molecule has 0 aliphatic heterocycles. The van der Waals surface area contributed by atoms with Crippen molar-refractivity contribution in [3.63, 3.8) is 0 Å². The number of carbonyl (C=O) groups excluding carboxylic acids is 1. The molecular formula is C20H31FN8O3. The van der Waals surface area contributed by atoms with Crippen molar-refractivity contribution in [2.24, 2.45) is 7.05 Å². The van der Waals surface area contributed by atoms with Gasteiger partial charge in [0.15, 0.2) is 17.0 Å². The maximum atomic E-state index is 13.8. The standard InChI is InChI=1S/C20H31FN8O3/c1-20(2,3)32-19(30)24-10-8-6-7-9-23-11-13(15(22)31-5)26-16-14-17(28-18(21)27-16)29(4)12-25-14/h11-12,22-23H,6-10H2,1-5H3,(H,24,30)(H,26,27,28)/b13-11+,22-15?. The monoisotopic (exact) mass is 450 g/mol. The summed E-state index contributed by atoms with van der Waals surface area (Å²) in [4.78, 5) is 23.3. The van der Waals surface area contributed by atoms with Crippen LogP contribution in [0, 0.1) is 11.5 Å². The Balaban J connectivity index is 1.84. The average molecular weight is 451 g/mol. The molecule has 2 heterocycles. The highest BCUT2D eigenvalue weighted by molar-refractivity contribution is 5.96. The Morgan fingerprint density at radius 3 is 2.66 bits per heavy atom. The molecule has 0 spiro atoms. The molecule has 0 radical (unpaired) electrons. The fourth-order valence-corrected chi connectivity index (χ4v) is 2.67. The molecule has 176 valence electrons. The van der Waals surface area contributed by atoms with Gasteiger partial charge < -0.3 is 30.0 Å². The first-order chi connectivity index (χ1) is 15.1. The van der Waals surface area contributed by atoms with Crippen LogP contribution in [0.3, 0.4) is 0 Å². The second kappa shape index (κ2) is 11.3. The Morgan fingerprint density at radius 1 is 1.25 bits per heavy atom. The van der Waals surface area contributed by atoms with Gasteiger partial charge in [0, 0.05) is 26.3 Å². The quantitative estimate of drug-likeness (QED) is 0.188. The van der Waals surface area contributed by atoms with Crippen molar-refractivity contribution in [2.75, 3.05) is 25.5 Å². The molecule has 32 heavy (non-hydrogen) atoms. The number of anilines is 1. The van der Waals surface area contributed by atoms with E-state index < -0.39 is 17.8 Å². The van der Waals surface area contributed by atoms with E-state index in [1.54, 1.807) is 17.8 Å². The first-order valence-corrected chi connectivity index (χ1v) is 10.3. The fourth-order valence-electron chi connectivity index (χ4n) is 2.67. The molecule has 11 nitrogen and oxygen atoms in total. The number of nitrogens with one attached hydrogen (secondary N) is 4. The molecule has 0 aliphatic rings. The minimum atomic E-state index is -0.903. The number of hydrogen-bond donors (Lipinski definition) is 4. The summed E-state index contributed by atoms with van der Waals surface area (Å²) in [7, 11) is 3.07. The zero-order valence-electron chi connectivity index (χ0n) is 19.1. The number of alkyl carbamates (subject to hydrolysis) is 1. The number of methoxy groups -OCH3 is 1. The summed E-state index contributed by atoms with van der Waals surface area (Å²) < 4.78 is 25.6.